The van der Waals surface area contributed by atoms with Crippen LogP contribution in [0.5, 0.6) is 0 Å². The Morgan fingerprint density at radius 3 is 3.00 bits per heavy atom. The van der Waals surface area contributed by atoms with Crippen molar-refractivity contribution in [3.05, 3.63) is 43.2 Å². The highest BCUT2D eigenvalue weighted by atomic mass is 15.1. The van der Waals surface area contributed by atoms with E-state index in [-0.39, 0.29) is 0 Å². The lowest BCUT2D eigenvalue weighted by molar-refractivity contribution is -0.645. The quantitative estimate of drug-likeness (QED) is 0.513. The summed E-state index contributed by atoms with van der Waals surface area (Å²) in [5.74, 6) is 0. The van der Waals surface area contributed by atoms with E-state index in [4.69, 9.17) is 0 Å². The Labute approximate surface area is 84.1 Å². The first-order chi connectivity index (χ1) is 6.83. The van der Waals surface area contributed by atoms with Crippen LogP contribution in [0.3, 0.4) is 0 Å². The Morgan fingerprint density at radius 2 is 2.21 bits per heavy atom. The summed E-state index contributed by atoms with van der Waals surface area (Å²) < 4.78 is 4.41. The molecule has 0 aliphatic carbocycles. The van der Waals surface area contributed by atoms with Gasteiger partial charge >= 0.3 is 0 Å². The Hall–Kier alpha value is -1.57. The van der Waals surface area contributed by atoms with Crippen molar-refractivity contribution in [1.29, 1.82) is 0 Å². The number of allylic oxidation sites excluding steroid dienone is 1. The zero-order valence-electron chi connectivity index (χ0n) is 8.48. The normalized spacial score (nSPS) is 10.6. The van der Waals surface area contributed by atoms with E-state index in [0.29, 0.717) is 0 Å². The fourth-order valence-electron chi connectivity index (χ4n) is 1.75. The van der Waals surface area contributed by atoms with Crippen LogP contribution in [-0.2, 0) is 13.6 Å². The number of fused-ring (bicyclic) bond motifs is 1. The van der Waals surface area contributed by atoms with Crippen molar-refractivity contribution in [2.45, 2.75) is 13.0 Å². The molecule has 1 aromatic carbocycles. The number of imidazole rings is 1. The molecule has 2 heteroatoms. The molecule has 2 aromatic rings. The van der Waals surface area contributed by atoms with Crippen molar-refractivity contribution in [1.82, 2.24) is 4.57 Å². The van der Waals surface area contributed by atoms with E-state index in [9.17, 15) is 0 Å². The molecule has 2 rings (SSSR count). The van der Waals surface area contributed by atoms with Crippen LogP contribution in [0, 0.1) is 0 Å². The summed E-state index contributed by atoms with van der Waals surface area (Å²) in [5.41, 5.74) is 2.56. The van der Waals surface area contributed by atoms with Gasteiger partial charge in [0.05, 0.1) is 13.6 Å². The number of para-hydroxylation sites is 2. The van der Waals surface area contributed by atoms with E-state index in [0.717, 1.165) is 13.0 Å². The van der Waals surface area contributed by atoms with Crippen LogP contribution in [0.1, 0.15) is 6.42 Å². The molecule has 0 amide bonds. The molecule has 14 heavy (non-hydrogen) atoms. The van der Waals surface area contributed by atoms with Crippen LogP contribution < -0.4 is 4.57 Å². The topological polar surface area (TPSA) is 8.81 Å². The van der Waals surface area contributed by atoms with Crippen LogP contribution in [-0.4, -0.2) is 4.57 Å². The van der Waals surface area contributed by atoms with Gasteiger partial charge in [-0.25, -0.2) is 9.13 Å². The lowest BCUT2D eigenvalue weighted by atomic mass is 10.3. The minimum absolute atomic E-state index is 1.00. The Balaban J connectivity index is 2.49. The third kappa shape index (κ3) is 1.43. The summed E-state index contributed by atoms with van der Waals surface area (Å²) in [6.07, 6.45) is 5.10. The number of benzene rings is 1. The molecule has 0 bridgehead atoms. The molecule has 1 aromatic heterocycles. The highest BCUT2D eigenvalue weighted by Crippen LogP contribution is 2.10. The predicted molar refractivity (Wildman–Crippen MR) is 57.9 cm³/mol. The van der Waals surface area contributed by atoms with Crippen LogP contribution in [0.4, 0.5) is 0 Å². The maximum atomic E-state index is 3.74. The first-order valence-corrected chi connectivity index (χ1v) is 4.87. The predicted octanol–water partition coefficient (Wildman–Crippen LogP) is 2.04. The summed E-state index contributed by atoms with van der Waals surface area (Å²) in [6, 6.07) is 8.44. The molecule has 72 valence electrons. The van der Waals surface area contributed by atoms with Crippen LogP contribution in [0.2, 0.25) is 0 Å². The molecule has 0 radical (unpaired) electrons. The summed E-state index contributed by atoms with van der Waals surface area (Å²) in [4.78, 5) is 0. The second-order valence-corrected chi connectivity index (χ2v) is 3.49. The number of aryl methyl sites for hydroxylation is 2. The molecule has 0 fully saturated rings. The van der Waals surface area contributed by atoms with Gasteiger partial charge in [-0.05, 0) is 12.1 Å². The number of hydrogen-bond acceptors (Lipinski definition) is 0. The molecule has 0 unspecified atom stereocenters. The van der Waals surface area contributed by atoms with Gasteiger partial charge in [-0.3, -0.25) is 0 Å². The molecule has 0 spiro atoms. The number of hydrogen-bond donors (Lipinski definition) is 0. The second kappa shape index (κ2) is 3.66. The van der Waals surface area contributed by atoms with E-state index >= 15 is 0 Å². The molecular formula is C12H15N2+. The van der Waals surface area contributed by atoms with Crippen molar-refractivity contribution in [3.8, 4) is 0 Å². The van der Waals surface area contributed by atoms with Gasteiger partial charge in [-0.2, -0.15) is 0 Å². The Kier molecular flexibility index (Phi) is 2.35. The van der Waals surface area contributed by atoms with Crippen molar-refractivity contribution >= 4 is 11.0 Å². The van der Waals surface area contributed by atoms with Crippen LogP contribution in [0.15, 0.2) is 43.2 Å². The molecule has 0 aliphatic rings. The van der Waals surface area contributed by atoms with Crippen molar-refractivity contribution in [2.75, 3.05) is 0 Å². The van der Waals surface area contributed by atoms with Crippen LogP contribution >= 0.6 is 0 Å². The second-order valence-electron chi connectivity index (χ2n) is 3.49. The molecule has 0 N–H and O–H groups in total. The van der Waals surface area contributed by atoms with Gasteiger partial charge in [0.1, 0.15) is 0 Å². The van der Waals surface area contributed by atoms with E-state index < -0.39 is 0 Å². The van der Waals surface area contributed by atoms with Gasteiger partial charge in [0.25, 0.3) is 0 Å². The summed E-state index contributed by atoms with van der Waals surface area (Å²) >= 11 is 0. The highest BCUT2D eigenvalue weighted by molar-refractivity contribution is 5.71. The van der Waals surface area contributed by atoms with E-state index in [2.05, 4.69) is 53.4 Å². The van der Waals surface area contributed by atoms with E-state index in [1.54, 1.807) is 0 Å². The van der Waals surface area contributed by atoms with Gasteiger partial charge in [-0.1, -0.05) is 18.2 Å². The molecule has 0 saturated carbocycles. The maximum Gasteiger partial charge on any atom is 0.244 e. The van der Waals surface area contributed by atoms with Gasteiger partial charge in [0, 0.05) is 6.42 Å². The Morgan fingerprint density at radius 1 is 1.43 bits per heavy atom. The molecule has 0 saturated heterocycles. The van der Waals surface area contributed by atoms with Gasteiger partial charge < -0.3 is 0 Å². The molecule has 0 atom stereocenters. The average molecular weight is 187 g/mol. The number of aromatic nitrogens is 2. The van der Waals surface area contributed by atoms with Crippen LogP contribution in [0.25, 0.3) is 11.0 Å². The van der Waals surface area contributed by atoms with Crippen molar-refractivity contribution in [2.24, 2.45) is 7.05 Å². The zero-order valence-corrected chi connectivity index (χ0v) is 8.48. The molecule has 1 heterocycles. The van der Waals surface area contributed by atoms with Gasteiger partial charge in [0.15, 0.2) is 11.0 Å². The summed E-state index contributed by atoms with van der Waals surface area (Å²) in [5, 5.41) is 0. The standard InChI is InChI=1S/C12H15N2/c1-3-4-9-14-10-13(2)11-7-5-6-8-12(11)14/h3,5-8,10H,1,4,9H2,2H3/q+1. The molecule has 0 aliphatic heterocycles. The highest BCUT2D eigenvalue weighted by Gasteiger charge is 2.10. The van der Waals surface area contributed by atoms with Gasteiger partial charge in [0.2, 0.25) is 6.33 Å². The van der Waals surface area contributed by atoms with Gasteiger partial charge in [-0.15, -0.1) is 6.58 Å². The first-order valence-electron chi connectivity index (χ1n) is 4.87. The minimum Gasteiger partial charge on any atom is -0.233 e. The Bertz CT molecular complexity index is 454. The zero-order chi connectivity index (χ0) is 9.97. The molecule has 2 nitrogen and oxygen atoms in total. The largest absolute Gasteiger partial charge is 0.244 e. The number of nitrogens with zero attached hydrogens (tertiary/aromatic N) is 2. The SMILES string of the molecule is C=CCCn1c[n+](C)c2ccccc21. The summed E-state index contributed by atoms with van der Waals surface area (Å²) in [7, 11) is 2.08. The maximum absolute atomic E-state index is 3.74. The number of rotatable bonds is 3. The third-order valence-corrected chi connectivity index (χ3v) is 2.46. The minimum atomic E-state index is 1.00. The average Bonchev–Trinajstić information content (AvgIpc) is 2.54. The van der Waals surface area contributed by atoms with Crippen molar-refractivity contribution in [3.63, 3.8) is 0 Å². The monoisotopic (exact) mass is 187 g/mol. The first kappa shape index (κ1) is 9.00. The van der Waals surface area contributed by atoms with E-state index in [1.807, 2.05) is 6.08 Å². The lowest BCUT2D eigenvalue weighted by Gasteiger charge is -1.92. The smallest absolute Gasteiger partial charge is 0.233 e. The van der Waals surface area contributed by atoms with Crippen molar-refractivity contribution < 1.29 is 4.57 Å². The fraction of sp³-hybridized carbons (Fsp3) is 0.250. The lowest BCUT2D eigenvalue weighted by Crippen LogP contribution is -2.25. The fourth-order valence-corrected chi connectivity index (χ4v) is 1.75. The molecular weight excluding hydrogens is 172 g/mol. The van der Waals surface area contributed by atoms with E-state index in [1.165, 1.54) is 11.0 Å². The third-order valence-electron chi connectivity index (χ3n) is 2.46. The summed E-state index contributed by atoms with van der Waals surface area (Å²) in [6.45, 7) is 4.75.